The Balaban J connectivity index is 1.11. The van der Waals surface area contributed by atoms with Crippen molar-refractivity contribution in [2.75, 3.05) is 51.6 Å². The van der Waals surface area contributed by atoms with E-state index in [0.717, 1.165) is 0 Å². The summed E-state index contributed by atoms with van der Waals surface area (Å²) in [5.74, 6) is -2.96. The topological polar surface area (TPSA) is 220 Å². The summed E-state index contributed by atoms with van der Waals surface area (Å²) in [5, 5.41) is 2.59. The van der Waals surface area contributed by atoms with Crippen LogP contribution in [-0.4, -0.2) is 171 Å². The van der Waals surface area contributed by atoms with Gasteiger partial charge in [0.15, 0.2) is 0 Å². The van der Waals surface area contributed by atoms with Gasteiger partial charge in [-0.3, -0.25) is 38.4 Å². The first-order chi connectivity index (χ1) is 25.5. The second kappa shape index (κ2) is 16.6. The van der Waals surface area contributed by atoms with E-state index in [-0.39, 0.29) is 47.7 Å². The average molecular weight is 760 g/mol. The minimum atomic E-state index is -0.971. The fraction of sp³-hybridized carbons (Fsp3) is 0.771. The van der Waals surface area contributed by atoms with Gasteiger partial charge >= 0.3 is 0 Å². The third-order valence-corrected chi connectivity index (χ3v) is 12.4. The molecule has 18 heteroatoms. The molecule has 8 amide bonds. The summed E-state index contributed by atoms with van der Waals surface area (Å²) in [6, 6.07) is -5.47. The number of carbonyl (C=O) groups excluding carboxylic acids is 8. The predicted octanol–water partition coefficient (Wildman–Crippen LogP) is -2.21. The van der Waals surface area contributed by atoms with E-state index in [1.165, 1.54) is 9.80 Å². The molecule has 0 saturated carbocycles. The third-order valence-electron chi connectivity index (χ3n) is 12.0. The van der Waals surface area contributed by atoms with Crippen molar-refractivity contribution in [2.45, 2.75) is 119 Å². The molecule has 53 heavy (non-hydrogen) atoms. The Labute approximate surface area is 314 Å². The van der Waals surface area contributed by atoms with Crippen LogP contribution in [0.3, 0.4) is 0 Å². The van der Waals surface area contributed by atoms with Gasteiger partial charge in [-0.1, -0.05) is 0 Å². The molecule has 292 valence electrons. The van der Waals surface area contributed by atoms with Gasteiger partial charge < -0.3 is 46.2 Å². The number of nitrogens with zero attached hydrogens (tertiary/aromatic N) is 6. The largest absolute Gasteiger partial charge is 0.368 e. The SMILES string of the molecule is NCC(=O)N1CCCC1C(=O)N1CCCC1C(=O)N1CCCC1C(=O)N1CCCC1C(=O)N1CCCC1C(=O)N1CCCC1C(=O)NC(CS)C(N)=O. The molecular weight excluding hydrogens is 707 g/mol. The summed E-state index contributed by atoms with van der Waals surface area (Å²) in [6.07, 6.45) is 6.41. The van der Waals surface area contributed by atoms with Gasteiger partial charge in [-0.25, -0.2) is 0 Å². The standard InChI is InChI=1S/C35H53N9O8S/c36-19-28(45)39-13-2-8-23(39)31(48)41-15-4-10-25(41)33(50)43-17-6-12-27(43)35(52)44-18-5-11-26(44)34(51)42-16-3-9-24(42)32(49)40-14-1-7-22(40)30(47)38-21(20-53)29(37)46/h21-27,53H,1-20,36H2,(H2,37,46)(H,38,47). The van der Waals surface area contributed by atoms with E-state index in [4.69, 9.17) is 11.5 Å². The number of rotatable bonds is 10. The number of primary amides is 1. The molecule has 6 saturated heterocycles. The molecule has 0 aliphatic carbocycles. The lowest BCUT2D eigenvalue weighted by molar-refractivity contribution is -0.154. The molecule has 6 rings (SSSR count). The van der Waals surface area contributed by atoms with Crippen LogP contribution in [-0.2, 0) is 38.4 Å². The van der Waals surface area contributed by atoms with Crippen LogP contribution < -0.4 is 16.8 Å². The Kier molecular flexibility index (Phi) is 12.2. The van der Waals surface area contributed by atoms with Crippen molar-refractivity contribution in [3.8, 4) is 0 Å². The number of carbonyl (C=O) groups is 8. The normalized spacial score (nSPS) is 29.2. The number of hydrogen-bond donors (Lipinski definition) is 4. The number of hydrogen-bond acceptors (Lipinski definition) is 10. The van der Waals surface area contributed by atoms with Crippen molar-refractivity contribution in [2.24, 2.45) is 11.5 Å². The van der Waals surface area contributed by atoms with Gasteiger partial charge in [-0.05, 0) is 77.0 Å². The minimum Gasteiger partial charge on any atom is -0.368 e. The quantitative estimate of drug-likeness (QED) is 0.177. The second-order valence-electron chi connectivity index (χ2n) is 15.0. The Bertz CT molecular complexity index is 1500. The minimum absolute atomic E-state index is 0.0206. The monoisotopic (exact) mass is 759 g/mol. The Morgan fingerprint density at radius 2 is 0.792 bits per heavy atom. The molecule has 0 spiro atoms. The maximum absolute atomic E-state index is 14.3. The van der Waals surface area contributed by atoms with Crippen LogP contribution in [0.2, 0.25) is 0 Å². The van der Waals surface area contributed by atoms with Crippen molar-refractivity contribution in [1.29, 1.82) is 0 Å². The molecule has 6 aliphatic heterocycles. The van der Waals surface area contributed by atoms with Crippen molar-refractivity contribution in [1.82, 2.24) is 34.7 Å². The number of likely N-dealkylation sites (tertiary alicyclic amines) is 6. The van der Waals surface area contributed by atoms with Gasteiger partial charge in [-0.15, -0.1) is 0 Å². The van der Waals surface area contributed by atoms with Gasteiger partial charge in [0.25, 0.3) is 0 Å². The van der Waals surface area contributed by atoms with Crippen molar-refractivity contribution in [3.05, 3.63) is 0 Å². The molecule has 0 aromatic rings. The van der Waals surface area contributed by atoms with Crippen LogP contribution in [0, 0.1) is 0 Å². The number of amides is 8. The first-order valence-electron chi connectivity index (χ1n) is 19.2. The lowest BCUT2D eigenvalue weighted by Gasteiger charge is -2.37. The highest BCUT2D eigenvalue weighted by Crippen LogP contribution is 2.32. The zero-order valence-corrected chi connectivity index (χ0v) is 31.1. The van der Waals surface area contributed by atoms with Crippen LogP contribution >= 0.6 is 12.6 Å². The third kappa shape index (κ3) is 7.57. The van der Waals surface area contributed by atoms with E-state index in [1.54, 1.807) is 19.6 Å². The molecule has 7 unspecified atom stereocenters. The van der Waals surface area contributed by atoms with Crippen LogP contribution in [0.15, 0.2) is 0 Å². The van der Waals surface area contributed by atoms with Crippen molar-refractivity contribution < 1.29 is 38.4 Å². The van der Waals surface area contributed by atoms with E-state index in [9.17, 15) is 38.4 Å². The average Bonchev–Trinajstić information content (AvgIpc) is 4.00. The summed E-state index contributed by atoms with van der Waals surface area (Å²) in [5.41, 5.74) is 11.0. The lowest BCUT2D eigenvalue weighted by Crippen LogP contribution is -2.59. The molecule has 0 aromatic carbocycles. The molecule has 6 heterocycles. The van der Waals surface area contributed by atoms with Crippen molar-refractivity contribution >= 4 is 59.9 Å². The Morgan fingerprint density at radius 3 is 1.09 bits per heavy atom. The van der Waals surface area contributed by atoms with E-state index >= 15 is 0 Å². The highest BCUT2D eigenvalue weighted by atomic mass is 32.1. The van der Waals surface area contributed by atoms with Gasteiger partial charge in [0.2, 0.25) is 47.3 Å². The first-order valence-corrected chi connectivity index (χ1v) is 19.8. The smallest absolute Gasteiger partial charge is 0.246 e. The van der Waals surface area contributed by atoms with Crippen molar-refractivity contribution in [3.63, 3.8) is 0 Å². The molecule has 6 fully saturated rings. The van der Waals surface area contributed by atoms with Gasteiger partial charge in [-0.2, -0.15) is 12.6 Å². The summed E-state index contributed by atoms with van der Waals surface area (Å²) in [6.45, 7) is 2.06. The zero-order valence-electron chi connectivity index (χ0n) is 30.2. The predicted molar refractivity (Wildman–Crippen MR) is 192 cm³/mol. The van der Waals surface area contributed by atoms with Gasteiger partial charge in [0.05, 0.1) is 6.54 Å². The highest BCUT2D eigenvalue weighted by Gasteiger charge is 2.50. The maximum Gasteiger partial charge on any atom is 0.246 e. The molecule has 0 bridgehead atoms. The van der Waals surface area contributed by atoms with Crippen LogP contribution in [0.4, 0.5) is 0 Å². The fourth-order valence-corrected chi connectivity index (χ4v) is 9.59. The zero-order chi connectivity index (χ0) is 38.0. The first kappa shape index (κ1) is 38.8. The Morgan fingerprint density at radius 1 is 0.509 bits per heavy atom. The second-order valence-corrected chi connectivity index (χ2v) is 15.4. The molecule has 17 nitrogen and oxygen atoms in total. The van der Waals surface area contributed by atoms with E-state index < -0.39 is 54.1 Å². The summed E-state index contributed by atoms with van der Waals surface area (Å²) < 4.78 is 0. The van der Waals surface area contributed by atoms with Crippen LogP contribution in [0.25, 0.3) is 0 Å². The number of thiol groups is 1. The number of nitrogens with two attached hydrogens (primary N) is 2. The highest BCUT2D eigenvalue weighted by molar-refractivity contribution is 7.80. The summed E-state index contributed by atoms with van der Waals surface area (Å²) in [4.78, 5) is 117. The van der Waals surface area contributed by atoms with Crippen LogP contribution in [0.5, 0.6) is 0 Å². The van der Waals surface area contributed by atoms with E-state index in [1.807, 2.05) is 0 Å². The molecule has 7 atom stereocenters. The van der Waals surface area contributed by atoms with E-state index in [0.29, 0.717) is 116 Å². The maximum atomic E-state index is 14.3. The summed E-state index contributed by atoms with van der Waals surface area (Å²) >= 11 is 4.09. The number of nitrogens with one attached hydrogen (secondary N) is 1. The molecule has 0 radical (unpaired) electrons. The molecule has 0 aromatic heterocycles. The van der Waals surface area contributed by atoms with E-state index in [2.05, 4.69) is 17.9 Å². The van der Waals surface area contributed by atoms with Gasteiger partial charge in [0, 0.05) is 45.0 Å². The molecule has 6 aliphatic rings. The fourth-order valence-electron chi connectivity index (χ4n) is 9.32. The van der Waals surface area contributed by atoms with Gasteiger partial charge in [0.1, 0.15) is 42.3 Å². The Hall–Kier alpha value is -3.93. The molecule has 5 N–H and O–H groups in total. The molecular formula is C35H53N9O8S. The van der Waals surface area contributed by atoms with Crippen LogP contribution in [0.1, 0.15) is 77.0 Å². The lowest BCUT2D eigenvalue weighted by atomic mass is 10.1. The summed E-state index contributed by atoms with van der Waals surface area (Å²) in [7, 11) is 0.